The van der Waals surface area contributed by atoms with E-state index in [4.69, 9.17) is 5.21 Å². The summed E-state index contributed by atoms with van der Waals surface area (Å²) < 4.78 is 27.9. The number of carbonyl (C=O) groups excluding carboxylic acids is 2. The average Bonchev–Trinajstić information content (AvgIpc) is 2.67. The molecule has 0 fully saturated rings. The second-order valence-corrected chi connectivity index (χ2v) is 8.80. The summed E-state index contributed by atoms with van der Waals surface area (Å²) in [6.45, 7) is 4.71. The third-order valence-electron chi connectivity index (χ3n) is 4.28. The molecule has 9 heteroatoms. The number of hydrogen-bond donors (Lipinski definition) is 3. The van der Waals surface area contributed by atoms with Crippen molar-refractivity contribution in [2.45, 2.75) is 38.3 Å². The maximum absolute atomic E-state index is 13.4. The van der Waals surface area contributed by atoms with E-state index in [1.54, 1.807) is 43.6 Å². The highest BCUT2D eigenvalue weighted by molar-refractivity contribution is 7.89. The topological polar surface area (TPSA) is 116 Å². The van der Waals surface area contributed by atoms with Crippen molar-refractivity contribution in [2.75, 3.05) is 5.32 Å². The number of sulfonamides is 1. The normalized spacial score (nSPS) is 12.6. The Morgan fingerprint density at radius 2 is 1.62 bits per heavy atom. The fourth-order valence-corrected chi connectivity index (χ4v) is 4.69. The lowest BCUT2D eigenvalue weighted by molar-refractivity contribution is -0.134. The molecule has 2 aromatic carbocycles. The monoisotopic (exact) mass is 419 g/mol. The lowest BCUT2D eigenvalue weighted by Gasteiger charge is -2.32. The molecule has 0 spiro atoms. The van der Waals surface area contributed by atoms with Gasteiger partial charge in [0.2, 0.25) is 15.9 Å². The minimum absolute atomic E-state index is 0.0288. The van der Waals surface area contributed by atoms with Gasteiger partial charge in [0.15, 0.2) is 0 Å². The van der Waals surface area contributed by atoms with Gasteiger partial charge in [-0.25, -0.2) is 13.9 Å². The van der Waals surface area contributed by atoms with Gasteiger partial charge in [0.05, 0.1) is 4.90 Å². The van der Waals surface area contributed by atoms with Gasteiger partial charge in [0, 0.05) is 19.2 Å². The summed E-state index contributed by atoms with van der Waals surface area (Å²) in [6, 6.07) is 13.4. The fourth-order valence-electron chi connectivity index (χ4n) is 2.98. The van der Waals surface area contributed by atoms with Gasteiger partial charge < -0.3 is 5.32 Å². The quantitative estimate of drug-likeness (QED) is 0.449. The van der Waals surface area contributed by atoms with Crippen molar-refractivity contribution in [3.05, 3.63) is 60.2 Å². The molecule has 0 aliphatic heterocycles. The van der Waals surface area contributed by atoms with E-state index in [0.29, 0.717) is 11.3 Å². The van der Waals surface area contributed by atoms with Crippen LogP contribution in [0.4, 0.5) is 5.69 Å². The minimum Gasteiger partial charge on any atom is -0.326 e. The van der Waals surface area contributed by atoms with Crippen molar-refractivity contribution in [2.24, 2.45) is 5.92 Å². The molecule has 3 N–H and O–H groups in total. The van der Waals surface area contributed by atoms with Gasteiger partial charge in [0.1, 0.15) is 6.04 Å². The smallest absolute Gasteiger partial charge is 0.262 e. The predicted octanol–water partition coefficient (Wildman–Crippen LogP) is 2.37. The summed E-state index contributed by atoms with van der Waals surface area (Å²) in [5.74, 6) is -1.49. The molecule has 0 saturated carbocycles. The zero-order valence-electron chi connectivity index (χ0n) is 16.5. The van der Waals surface area contributed by atoms with Gasteiger partial charge in [-0.3, -0.25) is 14.8 Å². The van der Waals surface area contributed by atoms with Crippen molar-refractivity contribution >= 4 is 27.5 Å². The van der Waals surface area contributed by atoms with Gasteiger partial charge in [-0.2, -0.15) is 4.31 Å². The van der Waals surface area contributed by atoms with Crippen LogP contribution in [0.25, 0.3) is 0 Å². The van der Waals surface area contributed by atoms with Crippen LogP contribution >= 0.6 is 0 Å². The van der Waals surface area contributed by atoms with E-state index >= 15 is 0 Å². The third kappa shape index (κ3) is 5.63. The summed E-state index contributed by atoms with van der Waals surface area (Å²) in [6.07, 6.45) is 0. The van der Waals surface area contributed by atoms with Gasteiger partial charge in [0.25, 0.3) is 5.91 Å². The van der Waals surface area contributed by atoms with E-state index in [1.807, 2.05) is 6.07 Å². The standard InChI is InChI=1S/C20H25N3O5S/c1-14(2)19(20(25)22-26)23(13-16-7-5-4-6-8-16)29(27,28)18-11-9-17(10-12-18)21-15(3)24/h4-12,14,19,26H,13H2,1-3H3,(H,21,24)(H,22,25)/t19-/m0/s1. The Balaban J connectivity index is 2.50. The molecule has 0 aromatic heterocycles. The van der Waals surface area contributed by atoms with E-state index < -0.39 is 27.9 Å². The SMILES string of the molecule is CC(=O)Nc1ccc(S(=O)(=O)N(Cc2ccccc2)[C@H](C(=O)NO)C(C)C)cc1. The van der Waals surface area contributed by atoms with Crippen LogP contribution in [-0.2, 0) is 26.2 Å². The van der Waals surface area contributed by atoms with Crippen molar-refractivity contribution in [3.63, 3.8) is 0 Å². The van der Waals surface area contributed by atoms with Crippen molar-refractivity contribution in [3.8, 4) is 0 Å². The maximum Gasteiger partial charge on any atom is 0.262 e. The first-order valence-electron chi connectivity index (χ1n) is 9.04. The predicted molar refractivity (Wildman–Crippen MR) is 108 cm³/mol. The highest BCUT2D eigenvalue weighted by atomic mass is 32.2. The second kappa shape index (κ2) is 9.64. The molecule has 0 saturated heterocycles. The number of rotatable bonds is 8. The minimum atomic E-state index is -4.10. The first-order valence-corrected chi connectivity index (χ1v) is 10.5. The lowest BCUT2D eigenvalue weighted by Crippen LogP contribution is -2.51. The Morgan fingerprint density at radius 1 is 1.03 bits per heavy atom. The second-order valence-electron chi connectivity index (χ2n) is 6.91. The van der Waals surface area contributed by atoms with Crippen LogP contribution in [0.5, 0.6) is 0 Å². The van der Waals surface area contributed by atoms with Crippen LogP contribution < -0.4 is 10.8 Å². The van der Waals surface area contributed by atoms with Crippen LogP contribution in [0.1, 0.15) is 26.3 Å². The molecular formula is C20H25N3O5S. The Morgan fingerprint density at radius 3 is 2.10 bits per heavy atom. The van der Waals surface area contributed by atoms with Gasteiger partial charge in [-0.15, -0.1) is 0 Å². The maximum atomic E-state index is 13.4. The molecule has 29 heavy (non-hydrogen) atoms. The average molecular weight is 420 g/mol. The summed E-state index contributed by atoms with van der Waals surface area (Å²) in [7, 11) is -4.10. The van der Waals surface area contributed by atoms with E-state index in [0.717, 1.165) is 4.31 Å². The van der Waals surface area contributed by atoms with Crippen LogP contribution in [-0.4, -0.2) is 35.8 Å². The van der Waals surface area contributed by atoms with E-state index in [9.17, 15) is 18.0 Å². The van der Waals surface area contributed by atoms with Crippen molar-refractivity contribution in [1.29, 1.82) is 0 Å². The molecule has 2 aromatic rings. The van der Waals surface area contributed by atoms with Gasteiger partial charge in [-0.1, -0.05) is 44.2 Å². The summed E-state index contributed by atoms with van der Waals surface area (Å²) in [4.78, 5) is 23.5. The molecule has 0 heterocycles. The molecule has 0 radical (unpaired) electrons. The molecule has 2 rings (SSSR count). The molecule has 0 aliphatic rings. The molecule has 8 nitrogen and oxygen atoms in total. The number of hydroxylamine groups is 1. The molecule has 2 amide bonds. The first kappa shape index (κ1) is 22.5. The van der Waals surface area contributed by atoms with Crippen LogP contribution in [0, 0.1) is 5.92 Å². The molecule has 0 unspecified atom stereocenters. The first-order chi connectivity index (χ1) is 13.7. The Labute approximate surface area is 170 Å². The van der Waals surface area contributed by atoms with Crippen LogP contribution in [0.3, 0.4) is 0 Å². The fraction of sp³-hybridized carbons (Fsp3) is 0.300. The molecule has 0 aliphatic carbocycles. The van der Waals surface area contributed by atoms with Crippen LogP contribution in [0.15, 0.2) is 59.5 Å². The summed E-state index contributed by atoms with van der Waals surface area (Å²) in [5.41, 5.74) is 2.73. The molecule has 1 atom stereocenters. The number of amides is 2. The summed E-state index contributed by atoms with van der Waals surface area (Å²) in [5, 5.41) is 11.7. The zero-order chi connectivity index (χ0) is 21.6. The van der Waals surface area contributed by atoms with Gasteiger partial charge in [-0.05, 0) is 35.7 Å². The van der Waals surface area contributed by atoms with Gasteiger partial charge >= 0.3 is 0 Å². The zero-order valence-corrected chi connectivity index (χ0v) is 17.3. The molecule has 0 bridgehead atoms. The van der Waals surface area contributed by atoms with E-state index in [1.165, 1.54) is 31.2 Å². The number of hydrogen-bond acceptors (Lipinski definition) is 5. The molecule has 156 valence electrons. The lowest BCUT2D eigenvalue weighted by atomic mass is 10.0. The van der Waals surface area contributed by atoms with E-state index in [-0.39, 0.29) is 17.3 Å². The third-order valence-corrected chi connectivity index (χ3v) is 6.12. The Bertz CT molecular complexity index is 944. The largest absolute Gasteiger partial charge is 0.326 e. The van der Waals surface area contributed by atoms with Crippen molar-refractivity contribution < 1.29 is 23.2 Å². The highest BCUT2D eigenvalue weighted by Gasteiger charge is 2.38. The number of anilines is 1. The Kier molecular flexibility index (Phi) is 7.49. The highest BCUT2D eigenvalue weighted by Crippen LogP contribution is 2.26. The molecular weight excluding hydrogens is 394 g/mol. The van der Waals surface area contributed by atoms with Crippen LogP contribution in [0.2, 0.25) is 0 Å². The van der Waals surface area contributed by atoms with E-state index in [2.05, 4.69) is 5.32 Å². The number of nitrogens with zero attached hydrogens (tertiary/aromatic N) is 1. The number of benzene rings is 2. The summed E-state index contributed by atoms with van der Waals surface area (Å²) >= 11 is 0. The van der Waals surface area contributed by atoms with Crippen molar-refractivity contribution in [1.82, 2.24) is 9.79 Å². The number of carbonyl (C=O) groups is 2. The Hall–Kier alpha value is -2.75. The number of nitrogens with one attached hydrogen (secondary N) is 2.